The molecule has 0 heterocycles. The van der Waals surface area contributed by atoms with Crippen molar-refractivity contribution in [2.45, 2.75) is 77.6 Å². The van der Waals surface area contributed by atoms with Crippen LogP contribution in [0.1, 0.15) is 82.4 Å². The summed E-state index contributed by atoms with van der Waals surface area (Å²) in [6.07, 6.45) is 6.56. The third-order valence-electron chi connectivity index (χ3n) is 7.56. The number of carbonyl (C=O) groups is 1. The zero-order valence-electron chi connectivity index (χ0n) is 16.4. The lowest BCUT2D eigenvalue weighted by Crippen LogP contribution is -2.42. The average molecular weight is 341 g/mol. The number of fused-ring (bicyclic) bond motifs is 5. The summed E-state index contributed by atoms with van der Waals surface area (Å²) in [5.74, 6) is 3.51. The van der Waals surface area contributed by atoms with Crippen molar-refractivity contribution in [1.82, 2.24) is 0 Å². The lowest BCUT2D eigenvalue weighted by atomic mass is 9.55. The van der Waals surface area contributed by atoms with Gasteiger partial charge in [0, 0.05) is 11.8 Å². The van der Waals surface area contributed by atoms with E-state index in [1.807, 2.05) is 0 Å². The number of ether oxygens (including phenoxy) is 1. The molecule has 2 heteroatoms. The second kappa shape index (κ2) is 5.59. The molecule has 1 aromatic carbocycles. The topological polar surface area (TPSA) is 26.3 Å². The SMILES string of the molecule is COc1cc2c(cc1C(C)(C)C)[C@H]1CC[C@]3(C)C(=O)CC[C@H]3[C@@H]1CC2. The largest absolute Gasteiger partial charge is 0.496 e. The quantitative estimate of drug-likeness (QED) is 0.682. The molecular formula is C23H32O2. The summed E-state index contributed by atoms with van der Waals surface area (Å²) in [6.45, 7) is 9.06. The van der Waals surface area contributed by atoms with E-state index in [4.69, 9.17) is 4.74 Å². The van der Waals surface area contributed by atoms with Crippen LogP contribution in [0.3, 0.4) is 0 Å². The van der Waals surface area contributed by atoms with Crippen LogP contribution in [0.5, 0.6) is 5.75 Å². The van der Waals surface area contributed by atoms with Crippen molar-refractivity contribution in [1.29, 1.82) is 0 Å². The summed E-state index contributed by atoms with van der Waals surface area (Å²) in [5.41, 5.74) is 4.42. The fraction of sp³-hybridized carbons (Fsp3) is 0.696. The Hall–Kier alpha value is -1.31. The molecule has 0 N–H and O–H groups in total. The summed E-state index contributed by atoms with van der Waals surface area (Å²) in [4.78, 5) is 12.5. The number of hydrogen-bond donors (Lipinski definition) is 0. The zero-order chi connectivity index (χ0) is 18.0. The smallest absolute Gasteiger partial charge is 0.139 e. The Morgan fingerprint density at radius 1 is 1.12 bits per heavy atom. The number of Topliss-reactive ketones (excluding diaryl/α,β-unsaturated/α-hetero) is 1. The molecule has 136 valence electrons. The van der Waals surface area contributed by atoms with E-state index in [1.165, 1.54) is 24.0 Å². The lowest BCUT2D eigenvalue weighted by Gasteiger charge is -2.48. The monoisotopic (exact) mass is 340 g/mol. The molecule has 1 aromatic rings. The zero-order valence-corrected chi connectivity index (χ0v) is 16.4. The molecule has 0 aromatic heterocycles. The van der Waals surface area contributed by atoms with Gasteiger partial charge in [0.2, 0.25) is 0 Å². The van der Waals surface area contributed by atoms with Gasteiger partial charge in [0.05, 0.1) is 7.11 Å². The molecule has 0 unspecified atom stereocenters. The second-order valence-electron chi connectivity index (χ2n) is 9.83. The van der Waals surface area contributed by atoms with E-state index in [0.29, 0.717) is 23.5 Å². The molecule has 0 spiro atoms. The molecule has 4 rings (SSSR count). The highest BCUT2D eigenvalue weighted by atomic mass is 16.5. The molecule has 4 atom stereocenters. The van der Waals surface area contributed by atoms with E-state index in [1.54, 1.807) is 12.7 Å². The van der Waals surface area contributed by atoms with Gasteiger partial charge in [-0.3, -0.25) is 4.79 Å². The summed E-state index contributed by atoms with van der Waals surface area (Å²) in [5, 5.41) is 0. The summed E-state index contributed by atoms with van der Waals surface area (Å²) in [7, 11) is 1.79. The molecule has 2 saturated carbocycles. The van der Waals surface area contributed by atoms with E-state index in [9.17, 15) is 4.79 Å². The maximum absolute atomic E-state index is 12.5. The van der Waals surface area contributed by atoms with E-state index in [0.717, 1.165) is 31.4 Å². The standard InChI is InChI=1S/C23H32O2/c1-22(2,3)19-13-17-14(12-20(19)25-5)6-7-16-15(17)10-11-23(4)18(16)8-9-21(23)24/h12-13,15-16,18H,6-11H2,1-5H3/t15-,16+,18-,23-/m0/s1. The van der Waals surface area contributed by atoms with Crippen molar-refractivity contribution in [2.24, 2.45) is 17.3 Å². The number of aryl methyl sites for hydroxylation is 1. The molecule has 25 heavy (non-hydrogen) atoms. The molecule has 0 aliphatic heterocycles. The van der Waals surface area contributed by atoms with Crippen LogP contribution in [0.4, 0.5) is 0 Å². The average Bonchev–Trinajstić information content (AvgIpc) is 2.88. The molecule has 2 fully saturated rings. The van der Waals surface area contributed by atoms with Gasteiger partial charge in [-0.05, 0) is 78.0 Å². The Bertz CT molecular complexity index is 712. The van der Waals surface area contributed by atoms with Crippen molar-refractivity contribution in [3.8, 4) is 5.75 Å². The van der Waals surface area contributed by atoms with Gasteiger partial charge >= 0.3 is 0 Å². The predicted octanol–water partition coefficient (Wildman–Crippen LogP) is 5.42. The number of methoxy groups -OCH3 is 1. The Morgan fingerprint density at radius 3 is 2.56 bits per heavy atom. The van der Waals surface area contributed by atoms with Crippen LogP contribution in [0.25, 0.3) is 0 Å². The van der Waals surface area contributed by atoms with Gasteiger partial charge in [-0.2, -0.15) is 0 Å². The molecule has 0 bridgehead atoms. The number of benzene rings is 1. The first-order valence-electron chi connectivity index (χ1n) is 10.0. The normalized spacial score (nSPS) is 34.3. The first-order valence-corrected chi connectivity index (χ1v) is 10.0. The Morgan fingerprint density at radius 2 is 1.88 bits per heavy atom. The summed E-state index contributed by atoms with van der Waals surface area (Å²) in [6, 6.07) is 4.75. The third-order valence-corrected chi connectivity index (χ3v) is 7.56. The minimum absolute atomic E-state index is 0.0298. The second-order valence-corrected chi connectivity index (χ2v) is 9.83. The number of hydrogen-bond acceptors (Lipinski definition) is 2. The number of ketones is 1. The Labute approximate surface area is 152 Å². The Balaban J connectivity index is 1.76. The molecule has 3 aliphatic carbocycles. The highest BCUT2D eigenvalue weighted by Crippen LogP contribution is 2.60. The van der Waals surface area contributed by atoms with Crippen LogP contribution in [0, 0.1) is 17.3 Å². The van der Waals surface area contributed by atoms with Gasteiger partial charge in [-0.1, -0.05) is 33.8 Å². The fourth-order valence-electron chi connectivity index (χ4n) is 6.12. The van der Waals surface area contributed by atoms with Crippen LogP contribution < -0.4 is 4.74 Å². The Kier molecular flexibility index (Phi) is 3.83. The van der Waals surface area contributed by atoms with Crippen molar-refractivity contribution in [3.05, 3.63) is 28.8 Å². The molecule has 0 radical (unpaired) electrons. The van der Waals surface area contributed by atoms with Crippen molar-refractivity contribution >= 4 is 5.78 Å². The highest BCUT2D eigenvalue weighted by molar-refractivity contribution is 5.87. The van der Waals surface area contributed by atoms with Crippen LogP contribution in [0.15, 0.2) is 12.1 Å². The van der Waals surface area contributed by atoms with Gasteiger partial charge < -0.3 is 4.74 Å². The molecule has 0 saturated heterocycles. The van der Waals surface area contributed by atoms with Crippen LogP contribution >= 0.6 is 0 Å². The third kappa shape index (κ3) is 2.47. The maximum Gasteiger partial charge on any atom is 0.139 e. The lowest BCUT2D eigenvalue weighted by molar-refractivity contribution is -0.129. The summed E-state index contributed by atoms with van der Waals surface area (Å²) >= 11 is 0. The van der Waals surface area contributed by atoms with Crippen LogP contribution in [0.2, 0.25) is 0 Å². The number of carbonyl (C=O) groups excluding carboxylic acids is 1. The van der Waals surface area contributed by atoms with E-state index in [2.05, 4.69) is 39.8 Å². The predicted molar refractivity (Wildman–Crippen MR) is 101 cm³/mol. The number of rotatable bonds is 1. The van der Waals surface area contributed by atoms with Gasteiger partial charge in [-0.15, -0.1) is 0 Å². The highest BCUT2D eigenvalue weighted by Gasteiger charge is 2.54. The molecular weight excluding hydrogens is 308 g/mol. The summed E-state index contributed by atoms with van der Waals surface area (Å²) < 4.78 is 5.73. The van der Waals surface area contributed by atoms with E-state index in [-0.39, 0.29) is 10.8 Å². The van der Waals surface area contributed by atoms with E-state index < -0.39 is 0 Å². The fourth-order valence-corrected chi connectivity index (χ4v) is 6.12. The minimum Gasteiger partial charge on any atom is -0.496 e. The van der Waals surface area contributed by atoms with E-state index >= 15 is 0 Å². The molecule has 3 aliphatic rings. The van der Waals surface area contributed by atoms with Gasteiger partial charge in [-0.25, -0.2) is 0 Å². The first-order chi connectivity index (χ1) is 11.8. The first kappa shape index (κ1) is 17.1. The van der Waals surface area contributed by atoms with Gasteiger partial charge in [0.15, 0.2) is 0 Å². The minimum atomic E-state index is -0.0298. The van der Waals surface area contributed by atoms with Gasteiger partial charge in [0.1, 0.15) is 11.5 Å². The van der Waals surface area contributed by atoms with Crippen LogP contribution in [-0.2, 0) is 16.6 Å². The molecule has 0 amide bonds. The van der Waals surface area contributed by atoms with Crippen molar-refractivity contribution in [3.63, 3.8) is 0 Å². The van der Waals surface area contributed by atoms with Gasteiger partial charge in [0.25, 0.3) is 0 Å². The van der Waals surface area contributed by atoms with Crippen LogP contribution in [-0.4, -0.2) is 12.9 Å². The maximum atomic E-state index is 12.5. The molecule has 2 nitrogen and oxygen atoms in total. The van der Waals surface area contributed by atoms with Crippen molar-refractivity contribution < 1.29 is 9.53 Å². The van der Waals surface area contributed by atoms with Crippen molar-refractivity contribution in [2.75, 3.05) is 7.11 Å².